The standard InChI is InChI=1S/C19H22N2/c1-12-9-10-21-11-16(12)19(20-2)18-15-8-7-13-5-3-4-6-14(13)17(15)18/h3-6,9-11,15,17-20H,7-8H2,1-2H3. The molecule has 2 aliphatic carbocycles. The van der Waals surface area contributed by atoms with E-state index in [4.69, 9.17) is 0 Å². The van der Waals surface area contributed by atoms with Crippen LogP contribution in [0.5, 0.6) is 0 Å². The molecule has 0 radical (unpaired) electrons. The number of aromatic nitrogens is 1. The van der Waals surface area contributed by atoms with Crippen molar-refractivity contribution < 1.29 is 0 Å². The zero-order valence-corrected chi connectivity index (χ0v) is 12.7. The van der Waals surface area contributed by atoms with E-state index in [1.165, 1.54) is 24.0 Å². The molecule has 4 rings (SSSR count). The van der Waals surface area contributed by atoms with Gasteiger partial charge in [-0.1, -0.05) is 24.3 Å². The van der Waals surface area contributed by atoms with Gasteiger partial charge in [-0.3, -0.25) is 4.98 Å². The van der Waals surface area contributed by atoms with Gasteiger partial charge in [0.1, 0.15) is 0 Å². The minimum atomic E-state index is 0.430. The maximum atomic E-state index is 4.35. The second-order valence-corrected chi connectivity index (χ2v) is 6.50. The van der Waals surface area contributed by atoms with Gasteiger partial charge >= 0.3 is 0 Å². The van der Waals surface area contributed by atoms with E-state index in [0.717, 1.165) is 17.8 Å². The Morgan fingerprint density at radius 3 is 2.90 bits per heavy atom. The Morgan fingerprint density at radius 2 is 2.10 bits per heavy atom. The van der Waals surface area contributed by atoms with E-state index in [0.29, 0.717) is 6.04 Å². The first kappa shape index (κ1) is 13.0. The molecular formula is C19H22N2. The van der Waals surface area contributed by atoms with Gasteiger partial charge < -0.3 is 5.32 Å². The van der Waals surface area contributed by atoms with E-state index < -0.39 is 0 Å². The van der Waals surface area contributed by atoms with E-state index in [-0.39, 0.29) is 0 Å². The molecule has 2 nitrogen and oxygen atoms in total. The van der Waals surface area contributed by atoms with Gasteiger partial charge in [-0.15, -0.1) is 0 Å². The largest absolute Gasteiger partial charge is 0.313 e. The molecule has 108 valence electrons. The second kappa shape index (κ2) is 4.96. The van der Waals surface area contributed by atoms with Crippen molar-refractivity contribution in [3.05, 3.63) is 65.0 Å². The Hall–Kier alpha value is -1.67. The van der Waals surface area contributed by atoms with Crippen molar-refractivity contribution in [3.63, 3.8) is 0 Å². The maximum absolute atomic E-state index is 4.35. The number of nitrogens with one attached hydrogen (secondary N) is 1. The van der Waals surface area contributed by atoms with Crippen LogP contribution in [-0.2, 0) is 6.42 Å². The van der Waals surface area contributed by atoms with Gasteiger partial charge in [0.05, 0.1) is 0 Å². The smallest absolute Gasteiger partial charge is 0.0373 e. The highest BCUT2D eigenvalue weighted by atomic mass is 14.9. The highest BCUT2D eigenvalue weighted by Crippen LogP contribution is 2.64. The number of rotatable bonds is 3. The molecule has 1 aromatic carbocycles. The minimum absolute atomic E-state index is 0.430. The molecule has 1 heterocycles. The van der Waals surface area contributed by atoms with Crippen LogP contribution >= 0.6 is 0 Å². The Kier molecular flexibility index (Phi) is 3.07. The number of pyridine rings is 1. The van der Waals surface area contributed by atoms with Crippen LogP contribution in [0.3, 0.4) is 0 Å². The topological polar surface area (TPSA) is 24.9 Å². The van der Waals surface area contributed by atoms with Crippen molar-refractivity contribution in [3.8, 4) is 0 Å². The number of benzene rings is 1. The summed E-state index contributed by atoms with van der Waals surface area (Å²) in [6.07, 6.45) is 6.52. The average Bonchev–Trinajstić information content (AvgIpc) is 3.25. The summed E-state index contributed by atoms with van der Waals surface area (Å²) in [5.74, 6) is 2.31. The summed E-state index contributed by atoms with van der Waals surface area (Å²) in [6, 6.07) is 11.6. The molecule has 4 atom stereocenters. The Labute approximate surface area is 126 Å². The lowest BCUT2D eigenvalue weighted by molar-refractivity contribution is 0.481. The predicted molar refractivity (Wildman–Crippen MR) is 85.3 cm³/mol. The van der Waals surface area contributed by atoms with Gasteiger partial charge in [0.25, 0.3) is 0 Å². The Morgan fingerprint density at radius 1 is 1.24 bits per heavy atom. The Bertz CT molecular complexity index is 664. The summed E-state index contributed by atoms with van der Waals surface area (Å²) in [6.45, 7) is 2.20. The molecule has 0 amide bonds. The maximum Gasteiger partial charge on any atom is 0.0373 e. The molecular weight excluding hydrogens is 256 g/mol. The Balaban J connectivity index is 1.68. The normalized spacial score (nSPS) is 27.6. The van der Waals surface area contributed by atoms with Gasteiger partial charge in [0.2, 0.25) is 0 Å². The highest BCUT2D eigenvalue weighted by Gasteiger charge is 2.56. The van der Waals surface area contributed by atoms with Crippen LogP contribution in [0.4, 0.5) is 0 Å². The summed E-state index contributed by atoms with van der Waals surface area (Å²) >= 11 is 0. The number of fused-ring (bicyclic) bond motifs is 3. The quantitative estimate of drug-likeness (QED) is 0.927. The van der Waals surface area contributed by atoms with Crippen LogP contribution < -0.4 is 5.32 Å². The number of hydrogen-bond acceptors (Lipinski definition) is 2. The van der Waals surface area contributed by atoms with Crippen LogP contribution in [0.25, 0.3) is 0 Å². The van der Waals surface area contributed by atoms with Gasteiger partial charge in [0.15, 0.2) is 0 Å². The second-order valence-electron chi connectivity index (χ2n) is 6.50. The first-order chi connectivity index (χ1) is 10.3. The third kappa shape index (κ3) is 2.01. The molecule has 0 aliphatic heterocycles. The molecule has 0 bridgehead atoms. The third-order valence-corrected chi connectivity index (χ3v) is 5.50. The number of aryl methyl sites for hydroxylation is 2. The summed E-state index contributed by atoms with van der Waals surface area (Å²) in [7, 11) is 2.09. The fraction of sp³-hybridized carbons (Fsp3) is 0.421. The van der Waals surface area contributed by atoms with Crippen molar-refractivity contribution >= 4 is 0 Å². The molecule has 1 saturated carbocycles. The summed E-state index contributed by atoms with van der Waals surface area (Å²) in [4.78, 5) is 4.35. The van der Waals surface area contributed by atoms with Crippen LogP contribution in [0.1, 0.15) is 40.6 Å². The van der Waals surface area contributed by atoms with Crippen LogP contribution in [-0.4, -0.2) is 12.0 Å². The minimum Gasteiger partial charge on any atom is -0.313 e. The molecule has 0 saturated heterocycles. The van der Waals surface area contributed by atoms with Crippen molar-refractivity contribution in [1.82, 2.24) is 10.3 Å². The fourth-order valence-corrected chi connectivity index (χ4v) is 4.43. The molecule has 2 aliphatic rings. The van der Waals surface area contributed by atoms with Crippen molar-refractivity contribution in [1.29, 1.82) is 0 Å². The molecule has 1 aromatic heterocycles. The number of hydrogen-bond donors (Lipinski definition) is 1. The van der Waals surface area contributed by atoms with Gasteiger partial charge in [0, 0.05) is 18.4 Å². The van der Waals surface area contributed by atoms with E-state index in [9.17, 15) is 0 Å². The van der Waals surface area contributed by atoms with E-state index in [1.807, 2.05) is 12.4 Å². The van der Waals surface area contributed by atoms with Gasteiger partial charge in [-0.05, 0) is 72.9 Å². The van der Waals surface area contributed by atoms with Crippen LogP contribution in [0, 0.1) is 18.8 Å². The molecule has 21 heavy (non-hydrogen) atoms. The van der Waals surface area contributed by atoms with Crippen LogP contribution in [0.2, 0.25) is 0 Å². The third-order valence-electron chi connectivity index (χ3n) is 5.50. The first-order valence-corrected chi connectivity index (χ1v) is 7.97. The van der Waals surface area contributed by atoms with Gasteiger partial charge in [-0.2, -0.15) is 0 Å². The average molecular weight is 278 g/mol. The summed E-state index contributed by atoms with van der Waals surface area (Å²) < 4.78 is 0. The van der Waals surface area contributed by atoms with Crippen molar-refractivity contribution in [2.75, 3.05) is 7.05 Å². The predicted octanol–water partition coefficient (Wildman–Crippen LogP) is 3.63. The lowest BCUT2D eigenvalue weighted by Crippen LogP contribution is -2.21. The van der Waals surface area contributed by atoms with E-state index >= 15 is 0 Å². The van der Waals surface area contributed by atoms with Crippen molar-refractivity contribution in [2.45, 2.75) is 31.7 Å². The molecule has 0 spiro atoms. The molecule has 1 fully saturated rings. The molecule has 4 unspecified atom stereocenters. The monoisotopic (exact) mass is 278 g/mol. The van der Waals surface area contributed by atoms with Crippen LogP contribution in [0.15, 0.2) is 42.7 Å². The van der Waals surface area contributed by atoms with Crippen molar-refractivity contribution in [2.24, 2.45) is 11.8 Å². The molecule has 1 N–H and O–H groups in total. The molecule has 2 heteroatoms. The van der Waals surface area contributed by atoms with E-state index in [2.05, 4.69) is 54.6 Å². The first-order valence-electron chi connectivity index (χ1n) is 7.97. The number of nitrogens with zero attached hydrogens (tertiary/aromatic N) is 1. The summed E-state index contributed by atoms with van der Waals surface area (Å²) in [5, 5.41) is 3.57. The highest BCUT2D eigenvalue weighted by molar-refractivity contribution is 5.41. The van der Waals surface area contributed by atoms with E-state index in [1.54, 1.807) is 11.1 Å². The summed E-state index contributed by atoms with van der Waals surface area (Å²) in [5.41, 5.74) is 5.89. The SMILES string of the molecule is CNC(c1cnccc1C)C1C2CCc3ccccc3C21. The zero-order valence-electron chi connectivity index (χ0n) is 12.7. The lowest BCUT2D eigenvalue weighted by atomic mass is 9.92. The zero-order chi connectivity index (χ0) is 14.4. The lowest BCUT2D eigenvalue weighted by Gasteiger charge is -2.19. The molecule has 2 aromatic rings. The van der Waals surface area contributed by atoms with Gasteiger partial charge in [-0.25, -0.2) is 0 Å². The fourth-order valence-electron chi connectivity index (χ4n) is 4.43.